The fourth-order valence-corrected chi connectivity index (χ4v) is 3.16. The quantitative estimate of drug-likeness (QED) is 0.673. The SMILES string of the molecule is CC(=O)NC(CC(=O)NCCC1CCCNC1)c1ccc(Cl)cc1.Cl. The van der Waals surface area contributed by atoms with Crippen molar-refractivity contribution in [3.05, 3.63) is 34.9 Å². The summed E-state index contributed by atoms with van der Waals surface area (Å²) in [5, 5.41) is 9.82. The Kier molecular flexibility index (Phi) is 9.86. The molecule has 0 saturated carbocycles. The van der Waals surface area contributed by atoms with E-state index in [0.717, 1.165) is 25.1 Å². The third-order valence-electron chi connectivity index (χ3n) is 4.31. The van der Waals surface area contributed by atoms with Gasteiger partial charge in [-0.05, 0) is 56.0 Å². The first-order valence-electron chi connectivity index (χ1n) is 8.54. The summed E-state index contributed by atoms with van der Waals surface area (Å²) in [7, 11) is 0. The van der Waals surface area contributed by atoms with E-state index < -0.39 is 0 Å². The first-order valence-corrected chi connectivity index (χ1v) is 8.92. The van der Waals surface area contributed by atoms with Crippen molar-refractivity contribution in [3.8, 4) is 0 Å². The van der Waals surface area contributed by atoms with Gasteiger partial charge in [0.2, 0.25) is 11.8 Å². The first-order chi connectivity index (χ1) is 11.5. The Balaban J connectivity index is 0.00000312. The minimum absolute atomic E-state index is 0. The van der Waals surface area contributed by atoms with Crippen molar-refractivity contribution in [2.24, 2.45) is 5.92 Å². The summed E-state index contributed by atoms with van der Waals surface area (Å²) in [5.41, 5.74) is 0.876. The van der Waals surface area contributed by atoms with Gasteiger partial charge in [-0.1, -0.05) is 23.7 Å². The second-order valence-electron chi connectivity index (χ2n) is 6.36. The molecule has 1 aromatic carbocycles. The number of rotatable bonds is 7. The number of carbonyl (C=O) groups is 2. The zero-order valence-corrected chi connectivity index (χ0v) is 16.1. The molecule has 0 aromatic heterocycles. The summed E-state index contributed by atoms with van der Waals surface area (Å²) in [4.78, 5) is 23.6. The lowest BCUT2D eigenvalue weighted by atomic mass is 9.96. The van der Waals surface area contributed by atoms with Crippen LogP contribution in [0.4, 0.5) is 0 Å². The van der Waals surface area contributed by atoms with E-state index in [-0.39, 0.29) is 36.7 Å². The van der Waals surface area contributed by atoms with E-state index in [0.29, 0.717) is 17.5 Å². The molecule has 25 heavy (non-hydrogen) atoms. The van der Waals surface area contributed by atoms with E-state index >= 15 is 0 Å². The number of piperidine rings is 1. The second-order valence-corrected chi connectivity index (χ2v) is 6.80. The topological polar surface area (TPSA) is 70.2 Å². The van der Waals surface area contributed by atoms with Gasteiger partial charge in [-0.2, -0.15) is 0 Å². The highest BCUT2D eigenvalue weighted by Crippen LogP contribution is 2.19. The normalized spacial score (nSPS) is 17.9. The van der Waals surface area contributed by atoms with Crippen molar-refractivity contribution in [1.29, 1.82) is 0 Å². The van der Waals surface area contributed by atoms with Crippen LogP contribution in [-0.4, -0.2) is 31.4 Å². The molecule has 1 saturated heterocycles. The lowest BCUT2D eigenvalue weighted by Crippen LogP contribution is -2.35. The van der Waals surface area contributed by atoms with Crippen molar-refractivity contribution >= 4 is 35.8 Å². The fraction of sp³-hybridized carbons (Fsp3) is 0.556. The van der Waals surface area contributed by atoms with Gasteiger partial charge in [0.05, 0.1) is 12.5 Å². The van der Waals surface area contributed by atoms with E-state index in [1.54, 1.807) is 12.1 Å². The number of carbonyl (C=O) groups excluding carboxylic acids is 2. The van der Waals surface area contributed by atoms with Gasteiger partial charge in [0.25, 0.3) is 0 Å². The zero-order chi connectivity index (χ0) is 17.4. The van der Waals surface area contributed by atoms with E-state index in [4.69, 9.17) is 11.6 Å². The average Bonchev–Trinajstić information content (AvgIpc) is 2.55. The Morgan fingerprint density at radius 1 is 1.32 bits per heavy atom. The lowest BCUT2D eigenvalue weighted by molar-refractivity contribution is -0.122. The van der Waals surface area contributed by atoms with Gasteiger partial charge in [0.15, 0.2) is 0 Å². The Hall–Kier alpha value is -1.30. The molecule has 7 heteroatoms. The van der Waals surface area contributed by atoms with Crippen LogP contribution in [0.5, 0.6) is 0 Å². The Bertz CT molecular complexity index is 546. The lowest BCUT2D eigenvalue weighted by Gasteiger charge is -2.23. The molecule has 3 N–H and O–H groups in total. The maximum atomic E-state index is 12.2. The molecule has 2 atom stereocenters. The molecule has 1 aliphatic rings. The largest absolute Gasteiger partial charge is 0.356 e. The van der Waals surface area contributed by atoms with Crippen molar-refractivity contribution in [2.45, 2.75) is 38.6 Å². The number of halogens is 2. The van der Waals surface area contributed by atoms with Gasteiger partial charge in [-0.3, -0.25) is 9.59 Å². The number of hydrogen-bond acceptors (Lipinski definition) is 3. The summed E-state index contributed by atoms with van der Waals surface area (Å²) < 4.78 is 0. The predicted octanol–water partition coefficient (Wildman–Crippen LogP) is 2.84. The third kappa shape index (κ3) is 8.08. The van der Waals surface area contributed by atoms with Crippen LogP contribution in [0.2, 0.25) is 5.02 Å². The predicted molar refractivity (Wildman–Crippen MR) is 103 cm³/mol. The molecule has 1 aromatic rings. The number of nitrogens with one attached hydrogen (secondary N) is 3. The van der Waals surface area contributed by atoms with Crippen molar-refractivity contribution in [2.75, 3.05) is 19.6 Å². The van der Waals surface area contributed by atoms with Gasteiger partial charge in [0, 0.05) is 18.5 Å². The molecular weight excluding hydrogens is 361 g/mol. The molecule has 1 fully saturated rings. The molecule has 2 unspecified atom stereocenters. The monoisotopic (exact) mass is 387 g/mol. The van der Waals surface area contributed by atoms with Crippen molar-refractivity contribution in [3.63, 3.8) is 0 Å². The Morgan fingerprint density at radius 2 is 2.04 bits per heavy atom. The summed E-state index contributed by atoms with van der Waals surface area (Å²) in [6, 6.07) is 6.86. The number of hydrogen-bond donors (Lipinski definition) is 3. The summed E-state index contributed by atoms with van der Waals surface area (Å²) in [5.74, 6) is 0.435. The maximum Gasteiger partial charge on any atom is 0.222 e. The molecule has 1 heterocycles. The van der Waals surface area contributed by atoms with E-state index in [1.165, 1.54) is 19.8 Å². The van der Waals surface area contributed by atoms with Crippen LogP contribution >= 0.6 is 24.0 Å². The summed E-state index contributed by atoms with van der Waals surface area (Å²) in [6.07, 6.45) is 3.65. The molecule has 5 nitrogen and oxygen atoms in total. The molecule has 0 spiro atoms. The third-order valence-corrected chi connectivity index (χ3v) is 4.57. The van der Waals surface area contributed by atoms with Crippen molar-refractivity contribution < 1.29 is 9.59 Å². The van der Waals surface area contributed by atoms with Gasteiger partial charge < -0.3 is 16.0 Å². The molecule has 0 radical (unpaired) electrons. The first kappa shape index (κ1) is 21.7. The van der Waals surface area contributed by atoms with Crippen LogP contribution in [0.25, 0.3) is 0 Å². The molecular formula is C18H27Cl2N3O2. The van der Waals surface area contributed by atoms with E-state index in [1.807, 2.05) is 12.1 Å². The Morgan fingerprint density at radius 3 is 2.64 bits per heavy atom. The summed E-state index contributed by atoms with van der Waals surface area (Å²) >= 11 is 5.90. The van der Waals surface area contributed by atoms with E-state index in [9.17, 15) is 9.59 Å². The van der Waals surface area contributed by atoms with E-state index in [2.05, 4.69) is 16.0 Å². The minimum Gasteiger partial charge on any atom is -0.356 e. The van der Waals surface area contributed by atoms with Crippen LogP contribution in [0.3, 0.4) is 0 Å². The molecule has 140 valence electrons. The van der Waals surface area contributed by atoms with Crippen molar-refractivity contribution in [1.82, 2.24) is 16.0 Å². The van der Waals surface area contributed by atoms with Crippen LogP contribution < -0.4 is 16.0 Å². The highest BCUT2D eigenvalue weighted by atomic mass is 35.5. The molecule has 2 rings (SSSR count). The number of benzene rings is 1. The molecule has 0 aliphatic carbocycles. The van der Waals surface area contributed by atoms with Crippen LogP contribution in [0, 0.1) is 5.92 Å². The fourth-order valence-electron chi connectivity index (χ4n) is 3.04. The minimum atomic E-state index is -0.337. The standard InChI is InChI=1S/C18H26ClN3O2.ClH/c1-13(23)22-17(15-4-6-16(19)7-5-15)11-18(24)21-10-8-14-3-2-9-20-12-14;/h4-7,14,17,20H,2-3,8-12H2,1H3,(H,21,24)(H,22,23);1H. The van der Waals surface area contributed by atoms with Gasteiger partial charge in [0.1, 0.15) is 0 Å². The second kappa shape index (κ2) is 11.3. The van der Waals surface area contributed by atoms with Crippen LogP contribution in [-0.2, 0) is 9.59 Å². The Labute approximate surface area is 160 Å². The molecule has 1 aliphatic heterocycles. The highest BCUT2D eigenvalue weighted by Gasteiger charge is 2.18. The maximum absolute atomic E-state index is 12.2. The van der Waals surface area contributed by atoms with Crippen LogP contribution in [0.1, 0.15) is 44.2 Å². The van der Waals surface area contributed by atoms with Gasteiger partial charge >= 0.3 is 0 Å². The highest BCUT2D eigenvalue weighted by molar-refractivity contribution is 6.30. The number of amides is 2. The summed E-state index contributed by atoms with van der Waals surface area (Å²) in [6.45, 7) is 4.27. The van der Waals surface area contributed by atoms with Gasteiger partial charge in [-0.15, -0.1) is 12.4 Å². The molecule has 0 bridgehead atoms. The average molecular weight is 388 g/mol. The zero-order valence-electron chi connectivity index (χ0n) is 14.5. The smallest absolute Gasteiger partial charge is 0.222 e. The molecule has 2 amide bonds. The van der Waals surface area contributed by atoms with Crippen LogP contribution in [0.15, 0.2) is 24.3 Å². The van der Waals surface area contributed by atoms with Gasteiger partial charge in [-0.25, -0.2) is 0 Å².